The third-order valence-corrected chi connectivity index (χ3v) is 6.50. The van der Waals surface area contributed by atoms with Crippen molar-refractivity contribution in [2.75, 3.05) is 26.5 Å². The molecule has 0 saturated carbocycles. The molecule has 0 radical (unpaired) electrons. The molecule has 178 valence electrons. The Morgan fingerprint density at radius 2 is 1.97 bits per heavy atom. The van der Waals surface area contributed by atoms with Crippen LogP contribution in [-0.2, 0) is 16.1 Å². The number of piperidine rings is 1. The van der Waals surface area contributed by atoms with Crippen LogP contribution < -0.4 is 14.2 Å². The summed E-state index contributed by atoms with van der Waals surface area (Å²) in [5, 5.41) is 10.7. The summed E-state index contributed by atoms with van der Waals surface area (Å²) in [7, 11) is 0. The van der Waals surface area contributed by atoms with E-state index in [0.717, 1.165) is 5.56 Å². The molecule has 5 rings (SSSR count). The normalized spacial score (nSPS) is 18.8. The fraction of sp³-hybridized carbons (Fsp3) is 0.385. The Balaban J connectivity index is 1.37. The predicted molar refractivity (Wildman–Crippen MR) is 123 cm³/mol. The van der Waals surface area contributed by atoms with Crippen molar-refractivity contribution in [3.63, 3.8) is 0 Å². The number of likely N-dealkylation sites (tertiary alicyclic amines) is 1. The molecular formula is C26H27NO7. The number of aryl methyl sites for hydroxylation is 1. The van der Waals surface area contributed by atoms with E-state index in [-0.39, 0.29) is 36.0 Å². The van der Waals surface area contributed by atoms with Crippen molar-refractivity contribution >= 4 is 17.8 Å². The number of carbonyl (C=O) groups excluding carboxylic acids is 2. The van der Waals surface area contributed by atoms with Gasteiger partial charge in [0, 0.05) is 6.54 Å². The van der Waals surface area contributed by atoms with Crippen molar-refractivity contribution in [2.24, 2.45) is 5.92 Å². The maximum absolute atomic E-state index is 13.2. The zero-order valence-corrected chi connectivity index (χ0v) is 19.3. The average Bonchev–Trinajstić information content (AvgIpc) is 3.41. The number of esters is 1. The SMILES string of the molecule is CCOC(=O)C1CCN(Cc2c(O)cc(C)c3c2O/C(=C/c2ccc4c(c2)OCO4)C3=O)CC1. The molecule has 0 atom stereocenters. The lowest BCUT2D eigenvalue weighted by Gasteiger charge is -2.31. The molecule has 0 aromatic heterocycles. The highest BCUT2D eigenvalue weighted by Gasteiger charge is 2.34. The molecule has 0 amide bonds. The Hall–Kier alpha value is -3.52. The number of phenolic OH excluding ortho intramolecular Hbond substituents is 1. The quantitative estimate of drug-likeness (QED) is 0.526. The van der Waals surface area contributed by atoms with Gasteiger partial charge < -0.3 is 24.1 Å². The number of aromatic hydroxyl groups is 1. The zero-order valence-electron chi connectivity index (χ0n) is 19.3. The van der Waals surface area contributed by atoms with Crippen LogP contribution in [0.1, 0.15) is 46.8 Å². The van der Waals surface area contributed by atoms with E-state index in [9.17, 15) is 14.7 Å². The second-order valence-corrected chi connectivity index (χ2v) is 8.75. The number of rotatable bonds is 5. The molecule has 1 saturated heterocycles. The third kappa shape index (κ3) is 4.09. The van der Waals surface area contributed by atoms with Crippen LogP contribution in [0.2, 0.25) is 0 Å². The van der Waals surface area contributed by atoms with Crippen molar-refractivity contribution in [3.05, 3.63) is 52.3 Å². The molecule has 0 unspecified atom stereocenters. The first kappa shape index (κ1) is 22.3. The van der Waals surface area contributed by atoms with Crippen LogP contribution in [0.3, 0.4) is 0 Å². The Morgan fingerprint density at radius 1 is 1.21 bits per heavy atom. The van der Waals surface area contributed by atoms with E-state index in [4.69, 9.17) is 18.9 Å². The Kier molecular flexibility index (Phi) is 5.91. The number of phenols is 1. The Bertz CT molecular complexity index is 1180. The number of carbonyl (C=O) groups is 2. The van der Waals surface area contributed by atoms with Crippen molar-refractivity contribution in [1.82, 2.24) is 4.90 Å². The molecule has 2 aromatic carbocycles. The number of Topliss-reactive ketones (excluding diaryl/α,β-unsaturated/α-hetero) is 1. The molecule has 3 aliphatic heterocycles. The summed E-state index contributed by atoms with van der Waals surface area (Å²) in [6.07, 6.45) is 3.07. The molecular weight excluding hydrogens is 438 g/mol. The second-order valence-electron chi connectivity index (χ2n) is 8.75. The number of fused-ring (bicyclic) bond motifs is 2. The first-order valence-corrected chi connectivity index (χ1v) is 11.5. The maximum Gasteiger partial charge on any atom is 0.309 e. The minimum absolute atomic E-state index is 0.0948. The number of allylic oxidation sites excluding steroid dienone is 1. The summed E-state index contributed by atoms with van der Waals surface area (Å²) in [5.41, 5.74) is 2.47. The Labute approximate surface area is 197 Å². The Morgan fingerprint density at radius 3 is 2.74 bits per heavy atom. The van der Waals surface area contributed by atoms with Gasteiger partial charge in [-0.3, -0.25) is 14.5 Å². The minimum atomic E-state index is -0.215. The fourth-order valence-electron chi connectivity index (χ4n) is 4.70. The number of hydrogen-bond acceptors (Lipinski definition) is 8. The predicted octanol–water partition coefficient (Wildman–Crippen LogP) is 3.82. The van der Waals surface area contributed by atoms with E-state index in [1.165, 1.54) is 0 Å². The summed E-state index contributed by atoms with van der Waals surface area (Å²) >= 11 is 0. The van der Waals surface area contributed by atoms with Crippen molar-refractivity contribution < 1.29 is 33.6 Å². The molecule has 2 aromatic rings. The van der Waals surface area contributed by atoms with Crippen LogP contribution in [0.4, 0.5) is 0 Å². The number of ketones is 1. The lowest BCUT2D eigenvalue weighted by molar-refractivity contribution is -0.149. The monoisotopic (exact) mass is 465 g/mol. The van der Waals surface area contributed by atoms with Gasteiger partial charge in [-0.15, -0.1) is 0 Å². The minimum Gasteiger partial charge on any atom is -0.507 e. The number of nitrogens with zero attached hydrogens (tertiary/aromatic N) is 1. The van der Waals surface area contributed by atoms with E-state index >= 15 is 0 Å². The molecule has 0 spiro atoms. The number of hydrogen-bond donors (Lipinski definition) is 1. The van der Waals surface area contributed by atoms with Crippen LogP contribution in [-0.4, -0.2) is 48.2 Å². The summed E-state index contributed by atoms with van der Waals surface area (Å²) < 4.78 is 22.0. The van der Waals surface area contributed by atoms with Crippen LogP contribution in [0.15, 0.2) is 30.0 Å². The van der Waals surface area contributed by atoms with Crippen LogP contribution in [0.25, 0.3) is 6.08 Å². The molecule has 0 aliphatic carbocycles. The molecule has 8 heteroatoms. The highest BCUT2D eigenvalue weighted by Crippen LogP contribution is 2.43. The van der Waals surface area contributed by atoms with Gasteiger partial charge in [-0.1, -0.05) is 6.07 Å². The highest BCUT2D eigenvalue weighted by atomic mass is 16.7. The van der Waals surface area contributed by atoms with Gasteiger partial charge in [0.1, 0.15) is 11.5 Å². The van der Waals surface area contributed by atoms with Gasteiger partial charge in [-0.25, -0.2) is 0 Å². The zero-order chi connectivity index (χ0) is 23.8. The molecule has 0 bridgehead atoms. The summed E-state index contributed by atoms with van der Waals surface area (Å²) in [5.74, 6) is 1.54. The third-order valence-electron chi connectivity index (χ3n) is 6.50. The highest BCUT2D eigenvalue weighted by molar-refractivity contribution is 6.15. The fourth-order valence-corrected chi connectivity index (χ4v) is 4.70. The standard InChI is InChI=1S/C26H27NO7/c1-3-31-26(30)17-6-8-27(9-7-17)13-18-19(28)10-15(2)23-24(29)22(34-25(18)23)12-16-4-5-20-21(11-16)33-14-32-20/h4-5,10-12,17,28H,3,6-9,13-14H2,1-2H3/b22-12+. The smallest absolute Gasteiger partial charge is 0.309 e. The number of ether oxygens (including phenoxy) is 4. The van der Waals surface area contributed by atoms with Gasteiger partial charge in [0.2, 0.25) is 12.6 Å². The summed E-state index contributed by atoms with van der Waals surface area (Å²) in [6.45, 7) is 5.97. The topological polar surface area (TPSA) is 94.5 Å². The maximum atomic E-state index is 13.2. The van der Waals surface area contributed by atoms with Gasteiger partial charge in [0.25, 0.3) is 0 Å². The van der Waals surface area contributed by atoms with Gasteiger partial charge in [0.05, 0.1) is 23.7 Å². The first-order chi connectivity index (χ1) is 16.4. The van der Waals surface area contributed by atoms with E-state index in [1.54, 1.807) is 31.2 Å². The van der Waals surface area contributed by atoms with Gasteiger partial charge in [0.15, 0.2) is 17.3 Å². The van der Waals surface area contributed by atoms with E-state index in [1.807, 2.05) is 13.0 Å². The van der Waals surface area contributed by atoms with E-state index in [2.05, 4.69) is 4.90 Å². The van der Waals surface area contributed by atoms with Crippen LogP contribution >= 0.6 is 0 Å². The van der Waals surface area contributed by atoms with E-state index < -0.39 is 0 Å². The van der Waals surface area contributed by atoms with Gasteiger partial charge in [-0.2, -0.15) is 0 Å². The van der Waals surface area contributed by atoms with Crippen molar-refractivity contribution in [2.45, 2.75) is 33.2 Å². The van der Waals surface area contributed by atoms with Crippen LogP contribution in [0.5, 0.6) is 23.0 Å². The van der Waals surface area contributed by atoms with Crippen LogP contribution in [0, 0.1) is 12.8 Å². The molecule has 1 fully saturated rings. The van der Waals surface area contributed by atoms with Crippen molar-refractivity contribution in [1.29, 1.82) is 0 Å². The largest absolute Gasteiger partial charge is 0.507 e. The molecule has 3 aliphatic rings. The second kappa shape index (κ2) is 9.02. The lowest BCUT2D eigenvalue weighted by atomic mass is 9.95. The summed E-state index contributed by atoms with van der Waals surface area (Å²) in [6, 6.07) is 7.04. The van der Waals surface area contributed by atoms with Gasteiger partial charge in [-0.05, 0) is 75.2 Å². The molecule has 34 heavy (non-hydrogen) atoms. The summed E-state index contributed by atoms with van der Waals surface area (Å²) in [4.78, 5) is 27.4. The molecule has 3 heterocycles. The van der Waals surface area contributed by atoms with E-state index in [0.29, 0.717) is 73.0 Å². The van der Waals surface area contributed by atoms with Gasteiger partial charge >= 0.3 is 5.97 Å². The lowest BCUT2D eigenvalue weighted by Crippen LogP contribution is -2.36. The average molecular weight is 466 g/mol. The molecule has 1 N–H and O–H groups in total. The number of benzene rings is 2. The first-order valence-electron chi connectivity index (χ1n) is 11.5. The van der Waals surface area contributed by atoms with Crippen molar-refractivity contribution in [3.8, 4) is 23.0 Å². The molecule has 8 nitrogen and oxygen atoms in total.